The summed E-state index contributed by atoms with van der Waals surface area (Å²) in [6.45, 7) is 1.86. The first-order valence-electron chi connectivity index (χ1n) is 5.72. The molecule has 4 nitrogen and oxygen atoms in total. The predicted octanol–water partition coefficient (Wildman–Crippen LogP) is 1.97. The van der Waals surface area contributed by atoms with Crippen LogP contribution in [0.2, 0.25) is 0 Å². The molecule has 1 aromatic carbocycles. The number of benzene rings is 1. The standard InChI is InChI=1S/C13H13FN2O2S/c1-7-8(14)3-2-4-9(7)16-6-5-10(17)11(12(15)19)13(16)18/h2-4,17H,5-6H2,1H3,(H2,15,19). The second-order valence-corrected chi connectivity index (χ2v) is 4.72. The Hall–Kier alpha value is -1.95. The summed E-state index contributed by atoms with van der Waals surface area (Å²) in [5.41, 5.74) is 6.22. The van der Waals surface area contributed by atoms with Crippen molar-refractivity contribution in [2.24, 2.45) is 5.73 Å². The Bertz CT molecular complexity index is 598. The number of hydrogen-bond acceptors (Lipinski definition) is 3. The van der Waals surface area contributed by atoms with E-state index in [0.717, 1.165) is 0 Å². The molecule has 0 radical (unpaired) electrons. The summed E-state index contributed by atoms with van der Waals surface area (Å²) in [5, 5.41) is 9.69. The second kappa shape index (κ2) is 4.97. The van der Waals surface area contributed by atoms with Gasteiger partial charge in [-0.25, -0.2) is 4.39 Å². The van der Waals surface area contributed by atoms with Crippen LogP contribution >= 0.6 is 12.2 Å². The highest BCUT2D eigenvalue weighted by Gasteiger charge is 2.30. The summed E-state index contributed by atoms with van der Waals surface area (Å²) in [6.07, 6.45) is 0.244. The van der Waals surface area contributed by atoms with Gasteiger partial charge in [0.25, 0.3) is 5.91 Å². The number of aliphatic hydroxyl groups is 1. The van der Waals surface area contributed by atoms with Gasteiger partial charge in [-0.3, -0.25) is 4.79 Å². The Labute approximate surface area is 115 Å². The largest absolute Gasteiger partial charge is 0.511 e. The first-order valence-corrected chi connectivity index (χ1v) is 6.13. The van der Waals surface area contributed by atoms with Crippen LogP contribution in [0.5, 0.6) is 0 Å². The van der Waals surface area contributed by atoms with E-state index in [1.54, 1.807) is 13.0 Å². The molecule has 1 aliphatic rings. The van der Waals surface area contributed by atoms with Crippen molar-refractivity contribution in [3.8, 4) is 0 Å². The molecule has 19 heavy (non-hydrogen) atoms. The van der Waals surface area contributed by atoms with E-state index in [0.29, 0.717) is 11.3 Å². The molecule has 0 atom stereocenters. The summed E-state index contributed by atoms with van der Waals surface area (Å²) in [6, 6.07) is 4.51. The molecule has 1 aliphatic heterocycles. The molecule has 0 spiro atoms. The van der Waals surface area contributed by atoms with Crippen molar-refractivity contribution in [2.45, 2.75) is 13.3 Å². The zero-order valence-corrected chi connectivity index (χ0v) is 11.1. The SMILES string of the molecule is Cc1c(F)cccc1N1CCC(O)=C(C(N)=S)C1=O. The van der Waals surface area contributed by atoms with Gasteiger partial charge in [0.15, 0.2) is 0 Å². The average Bonchev–Trinajstić information content (AvgIpc) is 2.33. The van der Waals surface area contributed by atoms with E-state index in [-0.39, 0.29) is 35.1 Å². The molecule has 100 valence electrons. The van der Waals surface area contributed by atoms with Gasteiger partial charge in [-0.05, 0) is 19.1 Å². The number of carbonyl (C=O) groups excluding carboxylic acids is 1. The number of hydrogen-bond donors (Lipinski definition) is 2. The summed E-state index contributed by atoms with van der Waals surface area (Å²) >= 11 is 4.77. The fraction of sp³-hybridized carbons (Fsp3) is 0.231. The fourth-order valence-electron chi connectivity index (χ4n) is 2.07. The van der Waals surface area contributed by atoms with Crippen molar-refractivity contribution in [2.75, 3.05) is 11.4 Å². The van der Waals surface area contributed by atoms with Crippen molar-refractivity contribution in [1.29, 1.82) is 0 Å². The van der Waals surface area contributed by atoms with Crippen LogP contribution in [-0.2, 0) is 4.79 Å². The zero-order chi connectivity index (χ0) is 14.2. The number of amides is 1. The Kier molecular flexibility index (Phi) is 3.53. The Morgan fingerprint density at radius 3 is 2.84 bits per heavy atom. The molecule has 1 heterocycles. The van der Waals surface area contributed by atoms with Crippen LogP contribution in [0.15, 0.2) is 29.5 Å². The molecule has 2 rings (SSSR count). The van der Waals surface area contributed by atoms with Crippen molar-refractivity contribution in [1.82, 2.24) is 0 Å². The zero-order valence-electron chi connectivity index (χ0n) is 10.3. The number of aliphatic hydroxyl groups excluding tert-OH is 1. The van der Waals surface area contributed by atoms with Crippen molar-refractivity contribution >= 4 is 28.8 Å². The van der Waals surface area contributed by atoms with Crippen LogP contribution in [0, 0.1) is 12.7 Å². The minimum atomic E-state index is -0.495. The lowest BCUT2D eigenvalue weighted by Gasteiger charge is -2.29. The van der Waals surface area contributed by atoms with Gasteiger partial charge in [0, 0.05) is 24.2 Å². The van der Waals surface area contributed by atoms with E-state index in [2.05, 4.69) is 0 Å². The lowest BCUT2D eigenvalue weighted by Crippen LogP contribution is -2.41. The van der Waals surface area contributed by atoms with Crippen molar-refractivity contribution in [3.63, 3.8) is 0 Å². The summed E-state index contributed by atoms with van der Waals surface area (Å²) in [7, 11) is 0. The van der Waals surface area contributed by atoms with E-state index in [9.17, 15) is 14.3 Å². The molecule has 1 aromatic rings. The number of anilines is 1. The third kappa shape index (κ3) is 2.31. The van der Waals surface area contributed by atoms with E-state index < -0.39 is 5.91 Å². The molecule has 0 fully saturated rings. The molecule has 0 aromatic heterocycles. The van der Waals surface area contributed by atoms with Gasteiger partial charge in [-0.15, -0.1) is 0 Å². The van der Waals surface area contributed by atoms with E-state index in [4.69, 9.17) is 18.0 Å². The van der Waals surface area contributed by atoms with Crippen LogP contribution in [0.4, 0.5) is 10.1 Å². The predicted molar refractivity (Wildman–Crippen MR) is 74.5 cm³/mol. The number of nitrogens with two attached hydrogens (primary N) is 1. The number of nitrogens with zero attached hydrogens (tertiary/aromatic N) is 1. The Balaban J connectivity index is 2.47. The quantitative estimate of drug-likeness (QED) is 0.813. The monoisotopic (exact) mass is 280 g/mol. The maximum Gasteiger partial charge on any atom is 0.264 e. The third-order valence-corrected chi connectivity index (χ3v) is 3.30. The highest BCUT2D eigenvalue weighted by molar-refractivity contribution is 7.80. The van der Waals surface area contributed by atoms with E-state index >= 15 is 0 Å². The third-order valence-electron chi connectivity index (χ3n) is 3.10. The molecule has 6 heteroatoms. The summed E-state index contributed by atoms with van der Waals surface area (Å²) in [5.74, 6) is -0.992. The van der Waals surface area contributed by atoms with E-state index in [1.165, 1.54) is 17.0 Å². The van der Waals surface area contributed by atoms with E-state index in [1.807, 2.05) is 0 Å². The molecule has 0 unspecified atom stereocenters. The van der Waals surface area contributed by atoms with Crippen LogP contribution in [-0.4, -0.2) is 22.5 Å². The maximum absolute atomic E-state index is 13.5. The number of halogens is 1. The minimum Gasteiger partial charge on any atom is -0.511 e. The lowest BCUT2D eigenvalue weighted by atomic mass is 10.0. The van der Waals surface area contributed by atoms with Crippen LogP contribution in [0.25, 0.3) is 0 Å². The molecule has 0 aliphatic carbocycles. The molecular formula is C13H13FN2O2S. The average molecular weight is 280 g/mol. The maximum atomic E-state index is 13.5. The van der Waals surface area contributed by atoms with Crippen LogP contribution in [0.3, 0.4) is 0 Å². The molecule has 0 saturated heterocycles. The lowest BCUT2D eigenvalue weighted by molar-refractivity contribution is -0.115. The van der Waals surface area contributed by atoms with Gasteiger partial charge in [0.2, 0.25) is 0 Å². The van der Waals surface area contributed by atoms with Crippen molar-refractivity contribution < 1.29 is 14.3 Å². The first-order chi connectivity index (χ1) is 8.93. The highest BCUT2D eigenvalue weighted by Crippen LogP contribution is 2.28. The van der Waals surface area contributed by atoms with Gasteiger partial charge in [0.05, 0.1) is 0 Å². The van der Waals surface area contributed by atoms with Gasteiger partial charge < -0.3 is 15.7 Å². The Morgan fingerprint density at radius 2 is 2.21 bits per heavy atom. The molecule has 0 saturated carbocycles. The smallest absolute Gasteiger partial charge is 0.264 e. The number of thiocarbonyl (C=S) groups is 1. The Morgan fingerprint density at radius 1 is 1.53 bits per heavy atom. The summed E-state index contributed by atoms with van der Waals surface area (Å²) in [4.78, 5) is 13.5. The normalized spacial score (nSPS) is 15.9. The number of rotatable bonds is 2. The van der Waals surface area contributed by atoms with Gasteiger partial charge in [-0.1, -0.05) is 18.3 Å². The minimum absolute atomic E-state index is 0.0649. The topological polar surface area (TPSA) is 66.6 Å². The van der Waals surface area contributed by atoms with Gasteiger partial charge >= 0.3 is 0 Å². The highest BCUT2D eigenvalue weighted by atomic mass is 32.1. The number of carbonyl (C=O) groups is 1. The molecule has 0 bridgehead atoms. The van der Waals surface area contributed by atoms with Crippen LogP contribution in [0.1, 0.15) is 12.0 Å². The van der Waals surface area contributed by atoms with Gasteiger partial charge in [0.1, 0.15) is 22.1 Å². The first kappa shape index (κ1) is 13.5. The van der Waals surface area contributed by atoms with Crippen molar-refractivity contribution in [3.05, 3.63) is 40.9 Å². The van der Waals surface area contributed by atoms with Gasteiger partial charge in [-0.2, -0.15) is 0 Å². The summed E-state index contributed by atoms with van der Waals surface area (Å²) < 4.78 is 13.5. The molecular weight excluding hydrogens is 267 g/mol. The van der Waals surface area contributed by atoms with Crippen LogP contribution < -0.4 is 10.6 Å². The molecule has 3 N–H and O–H groups in total. The molecule has 1 amide bonds. The second-order valence-electron chi connectivity index (χ2n) is 4.28. The fourth-order valence-corrected chi connectivity index (χ4v) is 2.27.